The molecule has 0 atom stereocenters. The van der Waals surface area contributed by atoms with Gasteiger partial charge in [0.05, 0.1) is 16.6 Å². The number of H-pyrrole nitrogens is 1. The number of nitriles is 1. The SMILES string of the molecule is CN(C)CCn1c(=S)[nH]c2c(C#N)cccc21. The zero-order chi connectivity index (χ0) is 12.4. The Kier molecular flexibility index (Phi) is 3.27. The number of imidazole rings is 1. The number of benzene rings is 1. The summed E-state index contributed by atoms with van der Waals surface area (Å²) in [7, 11) is 4.05. The van der Waals surface area contributed by atoms with Crippen molar-refractivity contribution >= 4 is 23.3 Å². The summed E-state index contributed by atoms with van der Waals surface area (Å²) in [5.41, 5.74) is 2.46. The number of aromatic nitrogens is 2. The summed E-state index contributed by atoms with van der Waals surface area (Å²) in [5.74, 6) is 0. The van der Waals surface area contributed by atoms with Crippen molar-refractivity contribution in [2.24, 2.45) is 0 Å². The summed E-state index contributed by atoms with van der Waals surface area (Å²) in [5, 5.41) is 9.03. The smallest absolute Gasteiger partial charge is 0.178 e. The molecular formula is C12H14N4S. The summed E-state index contributed by atoms with van der Waals surface area (Å²) in [4.78, 5) is 5.21. The highest BCUT2D eigenvalue weighted by Crippen LogP contribution is 2.17. The quantitative estimate of drug-likeness (QED) is 0.844. The number of hydrogen-bond donors (Lipinski definition) is 1. The molecule has 0 aliphatic rings. The van der Waals surface area contributed by atoms with Crippen LogP contribution in [0.5, 0.6) is 0 Å². The molecule has 0 unspecified atom stereocenters. The van der Waals surface area contributed by atoms with Crippen LogP contribution in [-0.2, 0) is 6.54 Å². The number of nitrogens with one attached hydrogen (secondary N) is 1. The lowest BCUT2D eigenvalue weighted by Crippen LogP contribution is -2.18. The maximum absolute atomic E-state index is 9.03. The molecule has 0 spiro atoms. The Morgan fingerprint density at radius 1 is 1.47 bits per heavy atom. The minimum absolute atomic E-state index is 0.636. The van der Waals surface area contributed by atoms with Crippen molar-refractivity contribution in [3.63, 3.8) is 0 Å². The van der Waals surface area contributed by atoms with Crippen LogP contribution in [0.4, 0.5) is 0 Å². The van der Waals surface area contributed by atoms with Crippen molar-refractivity contribution in [3.8, 4) is 6.07 Å². The highest BCUT2D eigenvalue weighted by Gasteiger charge is 2.07. The lowest BCUT2D eigenvalue weighted by Gasteiger charge is -2.10. The fraction of sp³-hybridized carbons (Fsp3) is 0.333. The van der Waals surface area contributed by atoms with Crippen LogP contribution in [0, 0.1) is 16.1 Å². The minimum Gasteiger partial charge on any atom is -0.329 e. The largest absolute Gasteiger partial charge is 0.329 e. The Bertz CT molecular complexity index is 630. The average molecular weight is 246 g/mol. The van der Waals surface area contributed by atoms with Crippen LogP contribution in [0.15, 0.2) is 18.2 Å². The lowest BCUT2D eigenvalue weighted by atomic mass is 10.2. The van der Waals surface area contributed by atoms with E-state index in [1.165, 1.54) is 0 Å². The molecule has 1 aromatic heterocycles. The molecule has 1 N–H and O–H groups in total. The molecule has 0 radical (unpaired) electrons. The molecule has 17 heavy (non-hydrogen) atoms. The predicted octanol–water partition coefficient (Wildman–Crippen LogP) is 2.13. The molecule has 0 aliphatic heterocycles. The van der Waals surface area contributed by atoms with Gasteiger partial charge in [0.1, 0.15) is 6.07 Å². The fourth-order valence-corrected chi connectivity index (χ4v) is 2.09. The van der Waals surface area contributed by atoms with Crippen LogP contribution < -0.4 is 0 Å². The van der Waals surface area contributed by atoms with Crippen molar-refractivity contribution in [3.05, 3.63) is 28.5 Å². The van der Waals surface area contributed by atoms with Crippen LogP contribution in [-0.4, -0.2) is 35.1 Å². The first-order valence-electron chi connectivity index (χ1n) is 5.40. The van der Waals surface area contributed by atoms with Gasteiger partial charge in [-0.1, -0.05) is 6.07 Å². The standard InChI is InChI=1S/C12H14N4S/c1-15(2)6-7-16-10-5-3-4-9(8-13)11(10)14-12(16)17/h3-5H,6-7H2,1-2H3,(H,14,17). The van der Waals surface area contributed by atoms with Gasteiger partial charge in [0.25, 0.3) is 0 Å². The van der Waals surface area contributed by atoms with Gasteiger partial charge in [-0.15, -0.1) is 0 Å². The third kappa shape index (κ3) is 2.23. The first kappa shape index (κ1) is 11.8. The second-order valence-corrected chi connectivity index (χ2v) is 4.58. The van der Waals surface area contributed by atoms with E-state index in [1.54, 1.807) is 6.07 Å². The molecule has 0 amide bonds. The van der Waals surface area contributed by atoms with Gasteiger partial charge in [-0.05, 0) is 38.4 Å². The number of nitrogens with zero attached hydrogens (tertiary/aromatic N) is 3. The van der Waals surface area contributed by atoms with Crippen LogP contribution in [0.1, 0.15) is 5.56 Å². The van der Waals surface area contributed by atoms with Crippen molar-refractivity contribution in [1.29, 1.82) is 5.26 Å². The van der Waals surface area contributed by atoms with Crippen molar-refractivity contribution < 1.29 is 0 Å². The van der Waals surface area contributed by atoms with E-state index in [2.05, 4.69) is 16.0 Å². The van der Waals surface area contributed by atoms with E-state index < -0.39 is 0 Å². The maximum atomic E-state index is 9.03. The summed E-state index contributed by atoms with van der Waals surface area (Å²) < 4.78 is 2.70. The molecule has 4 nitrogen and oxygen atoms in total. The van der Waals surface area contributed by atoms with E-state index in [1.807, 2.05) is 30.8 Å². The Morgan fingerprint density at radius 2 is 2.24 bits per heavy atom. The second-order valence-electron chi connectivity index (χ2n) is 4.20. The predicted molar refractivity (Wildman–Crippen MR) is 70.4 cm³/mol. The number of fused-ring (bicyclic) bond motifs is 1. The van der Waals surface area contributed by atoms with E-state index in [0.717, 1.165) is 24.1 Å². The molecule has 0 bridgehead atoms. The van der Waals surface area contributed by atoms with E-state index in [0.29, 0.717) is 10.3 Å². The highest BCUT2D eigenvalue weighted by atomic mass is 32.1. The van der Waals surface area contributed by atoms with Gasteiger partial charge in [-0.3, -0.25) is 0 Å². The fourth-order valence-electron chi connectivity index (χ4n) is 1.80. The van der Waals surface area contributed by atoms with Gasteiger partial charge in [-0.2, -0.15) is 5.26 Å². The van der Waals surface area contributed by atoms with Crippen molar-refractivity contribution in [2.45, 2.75) is 6.54 Å². The van der Waals surface area contributed by atoms with E-state index in [-0.39, 0.29) is 0 Å². The lowest BCUT2D eigenvalue weighted by molar-refractivity contribution is 0.385. The number of hydrogen-bond acceptors (Lipinski definition) is 3. The number of para-hydroxylation sites is 1. The van der Waals surface area contributed by atoms with E-state index >= 15 is 0 Å². The number of likely N-dealkylation sites (N-methyl/N-ethyl adjacent to an activating group) is 1. The summed E-state index contributed by atoms with van der Waals surface area (Å²) in [6.07, 6.45) is 0. The molecule has 0 aliphatic carbocycles. The Labute approximate surface area is 105 Å². The van der Waals surface area contributed by atoms with Crippen LogP contribution in [0.25, 0.3) is 11.0 Å². The average Bonchev–Trinajstić information content (AvgIpc) is 2.62. The van der Waals surface area contributed by atoms with Gasteiger partial charge in [0.2, 0.25) is 0 Å². The third-order valence-corrected chi connectivity index (χ3v) is 3.02. The Morgan fingerprint density at radius 3 is 2.88 bits per heavy atom. The van der Waals surface area contributed by atoms with Gasteiger partial charge in [0, 0.05) is 13.1 Å². The van der Waals surface area contributed by atoms with Crippen LogP contribution in [0.3, 0.4) is 0 Å². The molecule has 0 saturated carbocycles. The molecule has 2 aromatic rings. The zero-order valence-electron chi connectivity index (χ0n) is 9.90. The number of rotatable bonds is 3. The molecule has 1 aromatic carbocycles. The molecule has 1 heterocycles. The first-order valence-corrected chi connectivity index (χ1v) is 5.80. The Balaban J connectivity index is 2.54. The molecule has 0 saturated heterocycles. The summed E-state index contributed by atoms with van der Waals surface area (Å²) in [6.45, 7) is 1.73. The van der Waals surface area contributed by atoms with E-state index in [4.69, 9.17) is 17.5 Å². The molecular weight excluding hydrogens is 232 g/mol. The van der Waals surface area contributed by atoms with Crippen LogP contribution in [0.2, 0.25) is 0 Å². The number of aromatic amines is 1. The van der Waals surface area contributed by atoms with Gasteiger partial charge < -0.3 is 14.5 Å². The minimum atomic E-state index is 0.636. The van der Waals surface area contributed by atoms with Gasteiger partial charge in [-0.25, -0.2) is 0 Å². The summed E-state index contributed by atoms with van der Waals surface area (Å²) in [6, 6.07) is 7.84. The summed E-state index contributed by atoms with van der Waals surface area (Å²) >= 11 is 5.29. The highest BCUT2D eigenvalue weighted by molar-refractivity contribution is 7.71. The molecule has 5 heteroatoms. The zero-order valence-corrected chi connectivity index (χ0v) is 10.7. The first-order chi connectivity index (χ1) is 8.13. The Hall–Kier alpha value is -1.64. The van der Waals surface area contributed by atoms with E-state index in [9.17, 15) is 0 Å². The maximum Gasteiger partial charge on any atom is 0.178 e. The van der Waals surface area contributed by atoms with Crippen LogP contribution >= 0.6 is 12.2 Å². The van der Waals surface area contributed by atoms with Gasteiger partial charge >= 0.3 is 0 Å². The second kappa shape index (κ2) is 4.70. The molecule has 2 rings (SSSR count). The van der Waals surface area contributed by atoms with Crippen molar-refractivity contribution in [1.82, 2.24) is 14.5 Å². The van der Waals surface area contributed by atoms with Crippen molar-refractivity contribution in [2.75, 3.05) is 20.6 Å². The normalized spacial score (nSPS) is 10.9. The monoisotopic (exact) mass is 246 g/mol. The topological polar surface area (TPSA) is 47.8 Å². The van der Waals surface area contributed by atoms with Gasteiger partial charge in [0.15, 0.2) is 4.77 Å². The third-order valence-electron chi connectivity index (χ3n) is 2.70. The molecule has 0 fully saturated rings. The molecule has 88 valence electrons.